The van der Waals surface area contributed by atoms with E-state index in [0.29, 0.717) is 5.03 Å². The van der Waals surface area contributed by atoms with Crippen molar-refractivity contribution in [2.24, 2.45) is 0 Å². The highest BCUT2D eigenvalue weighted by atomic mass is 35.5. The summed E-state index contributed by atoms with van der Waals surface area (Å²) in [6, 6.07) is 0. The molecule has 0 radical (unpaired) electrons. The van der Waals surface area contributed by atoms with Crippen molar-refractivity contribution in [3.8, 4) is 0 Å². The van der Waals surface area contributed by atoms with E-state index in [4.69, 9.17) is 16.3 Å². The van der Waals surface area contributed by atoms with Gasteiger partial charge >= 0.3 is 0 Å². The van der Waals surface area contributed by atoms with Crippen LogP contribution in [-0.4, -0.2) is 7.11 Å². The number of allylic oxidation sites excluding steroid dienone is 4. The zero-order valence-electron chi connectivity index (χ0n) is 6.65. The molecule has 0 atom stereocenters. The fourth-order valence-corrected chi connectivity index (χ4v) is 0.987. The van der Waals surface area contributed by atoms with Gasteiger partial charge in [-0.3, -0.25) is 0 Å². The van der Waals surface area contributed by atoms with Gasteiger partial charge in [-0.05, 0) is 13.0 Å². The number of halogens is 1. The Morgan fingerprint density at radius 1 is 1.60 bits per heavy atom. The first-order valence-electron chi connectivity index (χ1n) is 3.31. The van der Waals surface area contributed by atoms with Crippen molar-refractivity contribution < 1.29 is 4.74 Å². The molecule has 0 fully saturated rings. The van der Waals surface area contributed by atoms with Crippen LogP contribution in [0.15, 0.2) is 22.9 Å². The first-order valence-corrected chi connectivity index (χ1v) is 3.69. The van der Waals surface area contributed by atoms with Crippen LogP contribution in [0.25, 0.3) is 0 Å². The van der Waals surface area contributed by atoms with Crippen molar-refractivity contribution in [2.45, 2.75) is 20.3 Å². The van der Waals surface area contributed by atoms with E-state index in [9.17, 15) is 0 Å². The van der Waals surface area contributed by atoms with Gasteiger partial charge in [0, 0.05) is 6.42 Å². The molecule has 2 heteroatoms. The predicted octanol–water partition coefficient (Wildman–Crippen LogP) is 3.07. The van der Waals surface area contributed by atoms with E-state index in [-0.39, 0.29) is 0 Å². The van der Waals surface area contributed by atoms with Crippen molar-refractivity contribution in [1.82, 2.24) is 0 Å². The highest BCUT2D eigenvalue weighted by Crippen LogP contribution is 2.14. The molecule has 0 spiro atoms. The smallest absolute Gasteiger partial charge is 0.114 e. The molecule has 10 heavy (non-hydrogen) atoms. The zero-order valence-corrected chi connectivity index (χ0v) is 7.40. The van der Waals surface area contributed by atoms with Crippen molar-refractivity contribution in [3.63, 3.8) is 0 Å². The van der Waals surface area contributed by atoms with Crippen molar-refractivity contribution in [3.05, 3.63) is 22.9 Å². The molecule has 0 bridgehead atoms. The molecule has 0 heterocycles. The lowest BCUT2D eigenvalue weighted by molar-refractivity contribution is 0.279. The minimum atomic E-state index is 0.688. The van der Waals surface area contributed by atoms with Crippen LogP contribution >= 0.6 is 11.6 Å². The van der Waals surface area contributed by atoms with Gasteiger partial charge in [-0.2, -0.15) is 0 Å². The molecule has 0 aromatic carbocycles. The quantitative estimate of drug-likeness (QED) is 0.456. The number of methoxy groups -OCH3 is 1. The van der Waals surface area contributed by atoms with Gasteiger partial charge in [0.2, 0.25) is 0 Å². The van der Waals surface area contributed by atoms with Crippen molar-refractivity contribution in [1.29, 1.82) is 0 Å². The molecule has 0 amide bonds. The normalized spacial score (nSPS) is 13.6. The largest absolute Gasteiger partial charge is 0.500 e. The third-order valence-electron chi connectivity index (χ3n) is 1.15. The van der Waals surface area contributed by atoms with Crippen LogP contribution in [-0.2, 0) is 4.74 Å². The monoisotopic (exact) mass is 160 g/mol. The van der Waals surface area contributed by atoms with E-state index in [2.05, 4.69) is 0 Å². The Balaban J connectivity index is 4.27. The maximum Gasteiger partial charge on any atom is 0.114 e. The van der Waals surface area contributed by atoms with Gasteiger partial charge in [0.15, 0.2) is 0 Å². The standard InChI is InChI=1S/C8H13ClO/c1-4-6-7(9)8(5-2)10-3/h4,6H,5H2,1-3H3/b6-4-,8-7-. The molecule has 1 nitrogen and oxygen atoms in total. The van der Waals surface area contributed by atoms with Gasteiger partial charge in [0.05, 0.1) is 12.1 Å². The Morgan fingerprint density at radius 3 is 2.50 bits per heavy atom. The van der Waals surface area contributed by atoms with Gasteiger partial charge in [-0.25, -0.2) is 0 Å². The summed E-state index contributed by atoms with van der Waals surface area (Å²) in [5, 5.41) is 0.688. The first-order chi connectivity index (χ1) is 4.76. The van der Waals surface area contributed by atoms with Crippen LogP contribution in [0.3, 0.4) is 0 Å². The fraction of sp³-hybridized carbons (Fsp3) is 0.500. The summed E-state index contributed by atoms with van der Waals surface area (Å²) < 4.78 is 5.01. The lowest BCUT2D eigenvalue weighted by Crippen LogP contribution is -1.85. The second-order valence-corrected chi connectivity index (χ2v) is 2.24. The molecule has 0 aliphatic rings. The number of hydrogen-bond acceptors (Lipinski definition) is 1. The molecule has 0 aromatic heterocycles. The Hall–Kier alpha value is -0.430. The van der Waals surface area contributed by atoms with Gasteiger partial charge in [0.25, 0.3) is 0 Å². The van der Waals surface area contributed by atoms with E-state index in [1.807, 2.05) is 26.0 Å². The van der Waals surface area contributed by atoms with Crippen LogP contribution in [0.5, 0.6) is 0 Å². The Labute approximate surface area is 67.3 Å². The highest BCUT2D eigenvalue weighted by molar-refractivity contribution is 6.31. The van der Waals surface area contributed by atoms with Crippen LogP contribution in [0.4, 0.5) is 0 Å². The van der Waals surface area contributed by atoms with Crippen LogP contribution in [0, 0.1) is 0 Å². The van der Waals surface area contributed by atoms with Gasteiger partial charge in [-0.1, -0.05) is 24.6 Å². The average Bonchev–Trinajstić information content (AvgIpc) is 1.91. The second-order valence-electron chi connectivity index (χ2n) is 1.83. The van der Waals surface area contributed by atoms with Crippen LogP contribution < -0.4 is 0 Å². The predicted molar refractivity (Wildman–Crippen MR) is 45.0 cm³/mol. The lowest BCUT2D eigenvalue weighted by atomic mass is 10.3. The Kier molecular flexibility index (Phi) is 5.13. The molecule has 0 aliphatic heterocycles. The van der Waals surface area contributed by atoms with E-state index in [1.54, 1.807) is 7.11 Å². The number of ether oxygens (including phenoxy) is 1. The minimum Gasteiger partial charge on any atom is -0.500 e. The molecule has 0 saturated carbocycles. The molecule has 58 valence electrons. The average molecular weight is 161 g/mol. The fourth-order valence-electron chi connectivity index (χ4n) is 0.650. The van der Waals surface area contributed by atoms with Crippen molar-refractivity contribution >= 4 is 11.6 Å². The molecule has 0 N–H and O–H groups in total. The van der Waals surface area contributed by atoms with Gasteiger partial charge < -0.3 is 4.74 Å². The van der Waals surface area contributed by atoms with E-state index in [1.165, 1.54) is 0 Å². The zero-order chi connectivity index (χ0) is 7.98. The summed E-state index contributed by atoms with van der Waals surface area (Å²) in [5.74, 6) is 0.833. The maximum atomic E-state index is 5.82. The number of rotatable bonds is 3. The van der Waals surface area contributed by atoms with Crippen LogP contribution in [0.2, 0.25) is 0 Å². The van der Waals surface area contributed by atoms with Gasteiger partial charge in [0.1, 0.15) is 5.76 Å². The summed E-state index contributed by atoms with van der Waals surface area (Å²) >= 11 is 5.82. The molecule has 0 aliphatic carbocycles. The third kappa shape index (κ3) is 2.92. The SMILES string of the molecule is C/C=C\C(Cl)=C(/CC)OC. The topological polar surface area (TPSA) is 9.23 Å². The molecule has 0 rings (SSSR count). The maximum absolute atomic E-state index is 5.82. The molecular weight excluding hydrogens is 148 g/mol. The third-order valence-corrected chi connectivity index (χ3v) is 1.48. The van der Waals surface area contributed by atoms with E-state index in [0.717, 1.165) is 12.2 Å². The van der Waals surface area contributed by atoms with E-state index >= 15 is 0 Å². The van der Waals surface area contributed by atoms with Crippen molar-refractivity contribution in [2.75, 3.05) is 7.11 Å². The summed E-state index contributed by atoms with van der Waals surface area (Å²) in [6.45, 7) is 3.93. The summed E-state index contributed by atoms with van der Waals surface area (Å²) in [7, 11) is 1.63. The summed E-state index contributed by atoms with van der Waals surface area (Å²) in [4.78, 5) is 0. The van der Waals surface area contributed by atoms with Crippen LogP contribution in [0.1, 0.15) is 20.3 Å². The Morgan fingerprint density at radius 2 is 2.20 bits per heavy atom. The van der Waals surface area contributed by atoms with Gasteiger partial charge in [-0.15, -0.1) is 0 Å². The summed E-state index contributed by atoms with van der Waals surface area (Å²) in [6.07, 6.45) is 4.54. The summed E-state index contributed by atoms with van der Waals surface area (Å²) in [5.41, 5.74) is 0. The number of hydrogen-bond donors (Lipinski definition) is 0. The minimum absolute atomic E-state index is 0.688. The van der Waals surface area contributed by atoms with E-state index < -0.39 is 0 Å². The lowest BCUT2D eigenvalue weighted by Gasteiger charge is -2.02. The molecule has 0 aromatic rings. The molecular formula is C8H13ClO. The Bertz CT molecular complexity index is 141. The molecule has 0 saturated heterocycles. The first kappa shape index (κ1) is 9.57. The molecule has 0 unspecified atom stereocenters. The second kappa shape index (κ2) is 5.36. The highest BCUT2D eigenvalue weighted by Gasteiger charge is 1.96.